The predicted octanol–water partition coefficient (Wildman–Crippen LogP) is 3.65. The van der Waals surface area contributed by atoms with Crippen molar-refractivity contribution in [3.63, 3.8) is 0 Å². The first-order valence-electron chi connectivity index (χ1n) is 13.8. The molecule has 0 amide bonds. The number of nitrogens with one attached hydrogen (secondary N) is 1. The Bertz CT molecular complexity index is 1550. The fraction of sp³-hybridized carbons (Fsp3) is 0.176. The summed E-state index contributed by atoms with van der Waals surface area (Å²) in [5.74, 6) is -0.418. The van der Waals surface area contributed by atoms with Gasteiger partial charge in [-0.3, -0.25) is 15.1 Å². The van der Waals surface area contributed by atoms with Gasteiger partial charge < -0.3 is 19.7 Å². The van der Waals surface area contributed by atoms with Gasteiger partial charge >= 0.3 is 13.1 Å². The van der Waals surface area contributed by atoms with Crippen molar-refractivity contribution in [3.8, 4) is 0 Å². The molecule has 1 unspecified atom stereocenters. The summed E-state index contributed by atoms with van der Waals surface area (Å²) in [6.07, 6.45) is 1.96. The first-order chi connectivity index (χ1) is 20.3. The molecular formula is C34H34BN3O4. The Hall–Kier alpha value is -4.50. The molecule has 0 radical (unpaired) electrons. The van der Waals surface area contributed by atoms with Crippen molar-refractivity contribution in [2.24, 2.45) is 0 Å². The van der Waals surface area contributed by atoms with E-state index in [1.165, 1.54) is 7.11 Å². The maximum absolute atomic E-state index is 13.6. The number of methoxy groups -OCH3 is 1. The molecule has 212 valence electrons. The topological polar surface area (TPSA) is 94.9 Å². The number of aromatic nitrogens is 1. The maximum Gasteiger partial charge on any atom is 0.490 e. The Kier molecular flexibility index (Phi) is 8.68. The Balaban J connectivity index is 1.70. The smallest absolute Gasteiger partial charge is 0.468 e. The van der Waals surface area contributed by atoms with Crippen LogP contribution in [0.2, 0.25) is 0 Å². The third-order valence-electron chi connectivity index (χ3n) is 7.67. The molecule has 5 aromatic rings. The van der Waals surface area contributed by atoms with Crippen molar-refractivity contribution in [2.45, 2.75) is 18.0 Å². The van der Waals surface area contributed by atoms with Crippen LogP contribution in [0.25, 0.3) is 10.9 Å². The van der Waals surface area contributed by atoms with Crippen LogP contribution >= 0.6 is 0 Å². The van der Waals surface area contributed by atoms with Crippen molar-refractivity contribution in [1.82, 2.24) is 10.3 Å². The summed E-state index contributed by atoms with van der Waals surface area (Å²) in [7, 11) is 3.54. The molecule has 1 heterocycles. The number of carbonyl (C=O) groups is 1. The van der Waals surface area contributed by atoms with Gasteiger partial charge in [-0.05, 0) is 34.7 Å². The van der Waals surface area contributed by atoms with E-state index in [0.29, 0.717) is 11.0 Å². The van der Waals surface area contributed by atoms with Gasteiger partial charge in [-0.2, -0.15) is 0 Å². The molecule has 0 aliphatic rings. The Morgan fingerprint density at radius 3 is 1.86 bits per heavy atom. The average molecular weight is 559 g/mol. The summed E-state index contributed by atoms with van der Waals surface area (Å²) in [5, 5.41) is 24.6. The van der Waals surface area contributed by atoms with Gasteiger partial charge in [0.15, 0.2) is 0 Å². The molecule has 0 aliphatic heterocycles. The predicted molar refractivity (Wildman–Crippen MR) is 168 cm³/mol. The average Bonchev–Trinajstić information content (AvgIpc) is 3.03. The SMILES string of the molecule is COC(=O)C(Cc1ccc(B(O)O)c2ncc(N(C)C)cc12)NC(c1ccccc1)(c1ccccc1)c1ccccc1. The van der Waals surface area contributed by atoms with Gasteiger partial charge in [0, 0.05) is 24.9 Å². The number of carbonyl (C=O) groups excluding carboxylic acids is 1. The molecule has 0 saturated heterocycles. The van der Waals surface area contributed by atoms with Crippen LogP contribution in [0, 0.1) is 0 Å². The Morgan fingerprint density at radius 1 is 0.881 bits per heavy atom. The molecule has 0 aliphatic carbocycles. The molecule has 3 N–H and O–H groups in total. The second kappa shape index (κ2) is 12.6. The van der Waals surface area contributed by atoms with Gasteiger partial charge in [0.1, 0.15) is 6.04 Å². The molecule has 7 nitrogen and oxygen atoms in total. The highest BCUT2D eigenvalue weighted by atomic mass is 16.5. The Labute approximate surface area is 246 Å². The summed E-state index contributed by atoms with van der Waals surface area (Å²) in [6, 6.07) is 34.9. The summed E-state index contributed by atoms with van der Waals surface area (Å²) < 4.78 is 5.37. The lowest BCUT2D eigenvalue weighted by molar-refractivity contribution is -0.143. The van der Waals surface area contributed by atoms with Crippen LogP contribution in [-0.2, 0) is 21.5 Å². The van der Waals surface area contributed by atoms with Gasteiger partial charge in [0.05, 0.1) is 30.0 Å². The van der Waals surface area contributed by atoms with E-state index >= 15 is 0 Å². The number of fused-ring (bicyclic) bond motifs is 1. The maximum atomic E-state index is 13.6. The molecule has 1 atom stereocenters. The molecule has 0 saturated carbocycles. The monoisotopic (exact) mass is 559 g/mol. The van der Waals surface area contributed by atoms with E-state index in [1.807, 2.05) is 85.7 Å². The first kappa shape index (κ1) is 29.0. The second-order valence-corrected chi connectivity index (χ2v) is 10.4. The zero-order chi connectivity index (χ0) is 29.7. The number of hydrogen-bond donors (Lipinski definition) is 3. The van der Waals surface area contributed by atoms with E-state index in [2.05, 4.69) is 46.7 Å². The molecule has 0 bridgehead atoms. The van der Waals surface area contributed by atoms with E-state index in [4.69, 9.17) is 4.74 Å². The second-order valence-electron chi connectivity index (χ2n) is 10.4. The quantitative estimate of drug-likeness (QED) is 0.137. The number of anilines is 1. The summed E-state index contributed by atoms with van der Waals surface area (Å²) >= 11 is 0. The number of nitrogens with zero attached hydrogens (tertiary/aromatic N) is 2. The molecule has 0 spiro atoms. The lowest BCUT2D eigenvalue weighted by atomic mass is 9.75. The van der Waals surface area contributed by atoms with Crippen LogP contribution in [0.4, 0.5) is 5.69 Å². The third kappa shape index (κ3) is 5.65. The Morgan fingerprint density at radius 2 is 1.40 bits per heavy atom. The van der Waals surface area contributed by atoms with Gasteiger partial charge in [0.25, 0.3) is 0 Å². The minimum atomic E-state index is -1.68. The fourth-order valence-electron chi connectivity index (χ4n) is 5.55. The number of rotatable bonds is 10. The van der Waals surface area contributed by atoms with Crippen molar-refractivity contribution in [3.05, 3.63) is 138 Å². The molecule has 1 aromatic heterocycles. The van der Waals surface area contributed by atoms with Crippen LogP contribution in [0.5, 0.6) is 0 Å². The van der Waals surface area contributed by atoms with E-state index in [0.717, 1.165) is 33.3 Å². The standard InChI is InChI=1S/C34H34BN3O4/c1-38(2)28-22-29-24(19-20-30(35(40)41)32(29)36-23-28)21-31(33(39)42-3)37-34(25-13-7-4-8-14-25,26-15-9-5-10-16-26)27-17-11-6-12-18-27/h4-20,22-23,31,37,40-41H,21H2,1-3H3. The summed E-state index contributed by atoms with van der Waals surface area (Å²) in [6.45, 7) is 0. The normalized spacial score (nSPS) is 12.1. The first-order valence-corrected chi connectivity index (χ1v) is 13.8. The molecule has 0 fully saturated rings. The third-order valence-corrected chi connectivity index (χ3v) is 7.67. The highest BCUT2D eigenvalue weighted by molar-refractivity contribution is 6.61. The number of esters is 1. The van der Waals surface area contributed by atoms with Crippen molar-refractivity contribution in [2.75, 3.05) is 26.1 Å². The fourth-order valence-corrected chi connectivity index (χ4v) is 5.55. The molecular weight excluding hydrogens is 525 g/mol. The van der Waals surface area contributed by atoms with Crippen LogP contribution in [0.3, 0.4) is 0 Å². The van der Waals surface area contributed by atoms with Gasteiger partial charge in [0.2, 0.25) is 0 Å². The highest BCUT2D eigenvalue weighted by Crippen LogP contribution is 2.38. The molecule has 4 aromatic carbocycles. The molecule has 8 heteroatoms. The number of pyridine rings is 1. The zero-order valence-electron chi connectivity index (χ0n) is 23.9. The summed E-state index contributed by atoms with van der Waals surface area (Å²) in [5.41, 5.74) is 4.45. The van der Waals surface area contributed by atoms with Crippen LogP contribution in [0.15, 0.2) is 115 Å². The number of benzene rings is 4. The summed E-state index contributed by atoms with van der Waals surface area (Å²) in [4.78, 5) is 20.1. The van der Waals surface area contributed by atoms with Crippen LogP contribution < -0.4 is 15.7 Å². The lowest BCUT2D eigenvalue weighted by Gasteiger charge is -2.39. The van der Waals surface area contributed by atoms with Gasteiger partial charge in [-0.15, -0.1) is 0 Å². The molecule has 5 rings (SSSR count). The number of ether oxygens (including phenoxy) is 1. The van der Waals surface area contributed by atoms with E-state index < -0.39 is 24.7 Å². The van der Waals surface area contributed by atoms with E-state index in [-0.39, 0.29) is 6.42 Å². The zero-order valence-corrected chi connectivity index (χ0v) is 23.9. The van der Waals surface area contributed by atoms with Gasteiger partial charge in [-0.1, -0.05) is 103 Å². The van der Waals surface area contributed by atoms with Crippen LogP contribution in [-0.4, -0.2) is 55.4 Å². The van der Waals surface area contributed by atoms with Crippen molar-refractivity contribution >= 4 is 35.1 Å². The minimum Gasteiger partial charge on any atom is -0.468 e. The van der Waals surface area contributed by atoms with E-state index in [1.54, 1.807) is 12.3 Å². The molecule has 42 heavy (non-hydrogen) atoms. The largest absolute Gasteiger partial charge is 0.490 e. The minimum absolute atomic E-state index is 0.262. The van der Waals surface area contributed by atoms with Crippen molar-refractivity contribution < 1.29 is 19.6 Å². The van der Waals surface area contributed by atoms with Gasteiger partial charge in [-0.25, -0.2) is 0 Å². The number of hydrogen-bond acceptors (Lipinski definition) is 7. The van der Waals surface area contributed by atoms with Crippen molar-refractivity contribution in [1.29, 1.82) is 0 Å². The lowest BCUT2D eigenvalue weighted by Crippen LogP contribution is -2.53. The van der Waals surface area contributed by atoms with Crippen LogP contribution in [0.1, 0.15) is 22.3 Å². The highest BCUT2D eigenvalue weighted by Gasteiger charge is 2.40. The van der Waals surface area contributed by atoms with E-state index in [9.17, 15) is 14.8 Å².